The van der Waals surface area contributed by atoms with Crippen LogP contribution in [0.2, 0.25) is 0 Å². The first-order valence-corrected chi connectivity index (χ1v) is 14.1. The second kappa shape index (κ2) is 13.5. The molecular formula is C28H37ClF3N5O5. The van der Waals surface area contributed by atoms with Crippen LogP contribution in [0.4, 0.5) is 19.1 Å². The maximum Gasteiger partial charge on any atom is 0.406 e. The van der Waals surface area contributed by atoms with Gasteiger partial charge in [0.2, 0.25) is 11.9 Å². The van der Waals surface area contributed by atoms with Gasteiger partial charge < -0.3 is 29.4 Å². The molecule has 0 radical (unpaired) electrons. The van der Waals surface area contributed by atoms with Gasteiger partial charge >= 0.3 is 12.1 Å². The molecule has 42 heavy (non-hydrogen) atoms. The maximum atomic E-state index is 13.9. The summed E-state index contributed by atoms with van der Waals surface area (Å²) in [6, 6.07) is 3.77. The van der Waals surface area contributed by atoms with Gasteiger partial charge in [-0.2, -0.15) is 13.2 Å². The number of aliphatic carboxylic acids is 1. The number of nitrogens with zero attached hydrogens (tertiary/aromatic N) is 4. The molecule has 232 valence electrons. The highest BCUT2D eigenvalue weighted by Crippen LogP contribution is 2.40. The van der Waals surface area contributed by atoms with Crippen molar-refractivity contribution in [2.24, 2.45) is 5.92 Å². The number of carbonyl (C=O) groups is 2. The predicted molar refractivity (Wildman–Crippen MR) is 150 cm³/mol. The van der Waals surface area contributed by atoms with E-state index in [0.29, 0.717) is 56.2 Å². The Morgan fingerprint density at radius 1 is 1.26 bits per heavy atom. The van der Waals surface area contributed by atoms with Gasteiger partial charge in [0.15, 0.2) is 0 Å². The van der Waals surface area contributed by atoms with Gasteiger partial charge in [-0.1, -0.05) is 6.07 Å². The fraction of sp³-hybridized carbons (Fsp3) is 0.607. The minimum atomic E-state index is -4.66. The number of nitrogens with one attached hydrogen (secondary N) is 1. The molecule has 3 atom stereocenters. The van der Waals surface area contributed by atoms with Crippen LogP contribution in [0.15, 0.2) is 24.4 Å². The number of alkyl halides is 3. The van der Waals surface area contributed by atoms with E-state index in [-0.39, 0.29) is 18.8 Å². The molecule has 1 aromatic heterocycles. The van der Waals surface area contributed by atoms with E-state index in [9.17, 15) is 27.9 Å². The Kier molecular flexibility index (Phi) is 10.3. The summed E-state index contributed by atoms with van der Waals surface area (Å²) in [4.78, 5) is 32.7. The average Bonchev–Trinajstić information content (AvgIpc) is 3.31. The number of benzene rings is 1. The fourth-order valence-electron chi connectivity index (χ4n) is 6.09. The fourth-order valence-corrected chi connectivity index (χ4v) is 6.09. The number of imidazole rings is 1. The van der Waals surface area contributed by atoms with Crippen molar-refractivity contribution in [3.63, 3.8) is 0 Å². The van der Waals surface area contributed by atoms with Crippen molar-refractivity contribution in [1.82, 2.24) is 19.4 Å². The number of aryl methyl sites for hydroxylation is 1. The van der Waals surface area contributed by atoms with Crippen molar-refractivity contribution < 1.29 is 37.3 Å². The van der Waals surface area contributed by atoms with Crippen LogP contribution in [0, 0.1) is 5.92 Å². The summed E-state index contributed by atoms with van der Waals surface area (Å²) in [5.74, 6) is -1.83. The number of anilines is 1. The van der Waals surface area contributed by atoms with Crippen molar-refractivity contribution in [2.45, 2.75) is 57.4 Å². The summed E-state index contributed by atoms with van der Waals surface area (Å²) in [5, 5.41) is 12.7. The first kappa shape index (κ1) is 31.9. The molecule has 14 heteroatoms. The van der Waals surface area contributed by atoms with Gasteiger partial charge in [-0.05, 0) is 43.0 Å². The summed E-state index contributed by atoms with van der Waals surface area (Å²) >= 11 is 0. The number of carboxylic acid groups (broad SMARTS) is 1. The smallest absolute Gasteiger partial charge is 0.406 e. The highest BCUT2D eigenvalue weighted by molar-refractivity contribution is 5.85. The number of ether oxygens (including phenoxy) is 2. The topological polar surface area (TPSA) is 109 Å². The van der Waals surface area contributed by atoms with E-state index in [1.165, 1.54) is 0 Å². The molecule has 10 nitrogen and oxygen atoms in total. The Morgan fingerprint density at radius 2 is 2.02 bits per heavy atom. The lowest BCUT2D eigenvalue weighted by Gasteiger charge is -2.42. The number of carboxylic acids is 1. The van der Waals surface area contributed by atoms with Crippen LogP contribution in [0.5, 0.6) is 5.75 Å². The molecule has 0 saturated carbocycles. The van der Waals surface area contributed by atoms with Crippen molar-refractivity contribution >= 4 is 30.2 Å². The Balaban J connectivity index is 0.00000405. The van der Waals surface area contributed by atoms with E-state index in [1.807, 2.05) is 18.0 Å². The molecule has 3 aliphatic rings. The number of rotatable bonds is 9. The van der Waals surface area contributed by atoms with Crippen LogP contribution in [-0.4, -0.2) is 94.6 Å². The standard InChI is InChI=1S/C28H36F3N5O5.ClH/c1-18(34-8-11-40-12-9-34)25-23-15-22(41-10-5-21-16-35-7-2-6-32-27(35)33-21)4-3-19(23)13-20(14-24(37)38)26(39)36(25)17-28(29,30)31;/h3-4,15-16,18,20,25H,2,5-14,17H2,1H3,(H,32,33)(H,37,38);1H/t18?,20-,25?;/m0./s1. The molecular weight excluding hydrogens is 579 g/mol. The van der Waals surface area contributed by atoms with Crippen LogP contribution >= 0.6 is 12.4 Å². The summed E-state index contributed by atoms with van der Waals surface area (Å²) < 4.78 is 55.3. The summed E-state index contributed by atoms with van der Waals surface area (Å²) in [6.45, 7) is 4.35. The zero-order valence-corrected chi connectivity index (χ0v) is 24.3. The summed E-state index contributed by atoms with van der Waals surface area (Å²) in [5.41, 5.74) is 2.08. The van der Waals surface area contributed by atoms with Crippen molar-refractivity contribution in [2.75, 3.05) is 51.3 Å². The number of hydrogen-bond donors (Lipinski definition) is 2. The number of morpholine rings is 1. The molecule has 0 spiro atoms. The average molecular weight is 616 g/mol. The highest BCUT2D eigenvalue weighted by Gasteiger charge is 2.45. The Bertz CT molecular complexity index is 1230. The first-order chi connectivity index (χ1) is 19.6. The van der Waals surface area contributed by atoms with Crippen LogP contribution < -0.4 is 10.1 Å². The zero-order chi connectivity index (χ0) is 29.1. The lowest BCUT2D eigenvalue weighted by atomic mass is 9.90. The molecule has 2 unspecified atom stereocenters. The second-order valence-corrected chi connectivity index (χ2v) is 10.9. The van der Waals surface area contributed by atoms with Crippen molar-refractivity contribution in [3.05, 3.63) is 41.2 Å². The zero-order valence-electron chi connectivity index (χ0n) is 23.4. The highest BCUT2D eigenvalue weighted by atomic mass is 35.5. The molecule has 0 aliphatic carbocycles. The van der Waals surface area contributed by atoms with E-state index in [2.05, 4.69) is 14.9 Å². The maximum absolute atomic E-state index is 13.9. The largest absolute Gasteiger partial charge is 0.493 e. The monoisotopic (exact) mass is 615 g/mol. The molecule has 2 aromatic rings. The Hall–Kier alpha value is -3.03. The van der Waals surface area contributed by atoms with E-state index in [4.69, 9.17) is 9.47 Å². The molecule has 0 bridgehead atoms. The minimum absolute atomic E-state index is 0. The van der Waals surface area contributed by atoms with Gasteiger partial charge in [-0.25, -0.2) is 4.98 Å². The van der Waals surface area contributed by atoms with E-state index in [1.54, 1.807) is 18.2 Å². The van der Waals surface area contributed by atoms with Gasteiger partial charge in [-0.3, -0.25) is 14.5 Å². The Morgan fingerprint density at radius 3 is 2.71 bits per heavy atom. The SMILES string of the molecule is CC(C1c2cc(OCCc3cn4c(n3)NCCC4)ccc2C[C@@H](CC(=O)O)C(=O)N1CC(F)(F)F)N1CCOCC1.Cl. The number of hydrogen-bond acceptors (Lipinski definition) is 7. The molecule has 5 rings (SSSR count). The van der Waals surface area contributed by atoms with Crippen LogP contribution in [0.25, 0.3) is 0 Å². The lowest BCUT2D eigenvalue weighted by Crippen LogP contribution is -2.52. The first-order valence-electron chi connectivity index (χ1n) is 14.1. The number of fused-ring (bicyclic) bond motifs is 2. The van der Waals surface area contributed by atoms with Gasteiger partial charge in [0.25, 0.3) is 0 Å². The molecule has 1 fully saturated rings. The number of carbonyl (C=O) groups excluding carboxylic acids is 1. The van der Waals surface area contributed by atoms with E-state index < -0.39 is 49.0 Å². The molecule has 2 N–H and O–H groups in total. The number of halogens is 4. The van der Waals surface area contributed by atoms with Crippen molar-refractivity contribution in [3.8, 4) is 5.75 Å². The predicted octanol–water partition coefficient (Wildman–Crippen LogP) is 3.54. The molecule has 3 aliphatic heterocycles. The summed E-state index contributed by atoms with van der Waals surface area (Å²) in [7, 11) is 0. The van der Waals surface area contributed by atoms with Gasteiger partial charge in [0, 0.05) is 44.8 Å². The van der Waals surface area contributed by atoms with Crippen LogP contribution in [0.3, 0.4) is 0 Å². The summed E-state index contributed by atoms with van der Waals surface area (Å²) in [6.07, 6.45) is -1.61. The van der Waals surface area contributed by atoms with Crippen LogP contribution in [0.1, 0.15) is 42.6 Å². The molecule has 1 saturated heterocycles. The Labute approximate surface area is 248 Å². The third-order valence-corrected chi connectivity index (χ3v) is 8.03. The third-order valence-electron chi connectivity index (χ3n) is 8.03. The normalized spacial score (nSPS) is 21.8. The van der Waals surface area contributed by atoms with Crippen LogP contribution in [-0.2, 0) is 33.7 Å². The molecule has 1 aromatic carbocycles. The number of amides is 1. The van der Waals surface area contributed by atoms with Crippen molar-refractivity contribution in [1.29, 1.82) is 0 Å². The van der Waals surface area contributed by atoms with E-state index >= 15 is 0 Å². The van der Waals surface area contributed by atoms with E-state index in [0.717, 1.165) is 36.1 Å². The minimum Gasteiger partial charge on any atom is -0.493 e. The quantitative estimate of drug-likeness (QED) is 0.441. The molecule has 4 heterocycles. The third kappa shape index (κ3) is 7.48. The second-order valence-electron chi connectivity index (χ2n) is 10.9. The van der Waals surface area contributed by atoms with Gasteiger partial charge in [-0.15, -0.1) is 12.4 Å². The van der Waals surface area contributed by atoms with Gasteiger partial charge in [0.1, 0.15) is 12.3 Å². The number of aromatic nitrogens is 2. The van der Waals surface area contributed by atoms with Gasteiger partial charge in [0.05, 0.1) is 43.9 Å². The lowest BCUT2D eigenvalue weighted by molar-refractivity contribution is -0.172. The molecule has 1 amide bonds.